The van der Waals surface area contributed by atoms with E-state index in [2.05, 4.69) is 21.7 Å². The second-order valence-electron chi connectivity index (χ2n) is 7.74. The van der Waals surface area contributed by atoms with Crippen molar-refractivity contribution in [2.45, 2.75) is 64.3 Å². The van der Waals surface area contributed by atoms with E-state index in [1.165, 1.54) is 38.5 Å². The number of aryl methyl sites for hydroxylation is 1. The van der Waals surface area contributed by atoms with Crippen LogP contribution in [-0.4, -0.2) is 39.0 Å². The molecule has 26 heavy (non-hydrogen) atoms. The van der Waals surface area contributed by atoms with Crippen LogP contribution in [0.2, 0.25) is 0 Å². The molecule has 2 aliphatic rings. The van der Waals surface area contributed by atoms with E-state index in [9.17, 15) is 4.79 Å². The number of aromatic nitrogens is 3. The highest BCUT2D eigenvalue weighted by Crippen LogP contribution is 2.28. The van der Waals surface area contributed by atoms with E-state index in [1.54, 1.807) is 15.9 Å². The van der Waals surface area contributed by atoms with Crippen molar-refractivity contribution < 1.29 is 4.79 Å². The van der Waals surface area contributed by atoms with Crippen molar-refractivity contribution in [2.24, 2.45) is 17.7 Å². The van der Waals surface area contributed by atoms with E-state index in [4.69, 9.17) is 5.84 Å². The number of hydrogen-bond acceptors (Lipinski definition) is 5. The molecule has 1 amide bonds. The molecule has 0 radical (unpaired) electrons. The lowest BCUT2D eigenvalue weighted by Gasteiger charge is -2.13. The molecule has 1 aromatic heterocycles. The first-order chi connectivity index (χ1) is 12.7. The maximum Gasteiger partial charge on any atom is 0.273 e. The molecular weight excluding hydrogens is 328 g/mol. The van der Waals surface area contributed by atoms with Gasteiger partial charge in [0.15, 0.2) is 5.69 Å². The van der Waals surface area contributed by atoms with Crippen molar-refractivity contribution >= 4 is 5.91 Å². The van der Waals surface area contributed by atoms with Crippen LogP contribution in [0.4, 0.5) is 0 Å². The monoisotopic (exact) mass is 360 g/mol. The Morgan fingerprint density at radius 2 is 2.08 bits per heavy atom. The van der Waals surface area contributed by atoms with Gasteiger partial charge in [-0.2, -0.15) is 0 Å². The van der Waals surface area contributed by atoms with Crippen LogP contribution in [0, 0.1) is 11.8 Å². The van der Waals surface area contributed by atoms with Crippen LogP contribution in [0.1, 0.15) is 68.3 Å². The summed E-state index contributed by atoms with van der Waals surface area (Å²) in [6.45, 7) is 2.33. The first-order valence-electron chi connectivity index (χ1n) is 10.1. The Balaban J connectivity index is 1.27. The zero-order chi connectivity index (χ0) is 18.2. The molecule has 1 aromatic rings. The summed E-state index contributed by atoms with van der Waals surface area (Å²) in [7, 11) is 0. The Labute approximate surface area is 156 Å². The minimum Gasteiger partial charge on any atom is -0.350 e. The van der Waals surface area contributed by atoms with Gasteiger partial charge in [-0.05, 0) is 43.9 Å². The predicted molar refractivity (Wildman–Crippen MR) is 101 cm³/mol. The van der Waals surface area contributed by atoms with Gasteiger partial charge >= 0.3 is 0 Å². The normalized spacial score (nSPS) is 17.9. The topological polar surface area (TPSA) is 89.1 Å². The van der Waals surface area contributed by atoms with E-state index in [0.29, 0.717) is 11.6 Å². The summed E-state index contributed by atoms with van der Waals surface area (Å²) in [5.74, 6) is 7.41. The lowest BCUT2D eigenvalue weighted by Crippen LogP contribution is -2.26. The summed E-state index contributed by atoms with van der Waals surface area (Å²) in [6.07, 6.45) is 17.0. The van der Waals surface area contributed by atoms with Crippen molar-refractivity contribution in [1.29, 1.82) is 0 Å². The molecule has 0 atom stereocenters. The van der Waals surface area contributed by atoms with Gasteiger partial charge in [0.1, 0.15) is 0 Å². The van der Waals surface area contributed by atoms with Crippen LogP contribution in [0.25, 0.3) is 0 Å². The number of rotatable bonds is 11. The van der Waals surface area contributed by atoms with Gasteiger partial charge in [-0.15, -0.1) is 5.10 Å². The minimum absolute atomic E-state index is 0.122. The molecule has 1 heterocycles. The molecular formula is C19H32N6O. The molecule has 2 fully saturated rings. The number of hydrogen-bond donors (Lipinski definition) is 2. The Hall–Kier alpha value is -1.89. The summed E-state index contributed by atoms with van der Waals surface area (Å²) >= 11 is 0. The Morgan fingerprint density at radius 3 is 2.85 bits per heavy atom. The molecule has 0 saturated heterocycles. The smallest absolute Gasteiger partial charge is 0.273 e. The lowest BCUT2D eigenvalue weighted by molar-refractivity contribution is 0.0946. The van der Waals surface area contributed by atoms with E-state index >= 15 is 0 Å². The van der Waals surface area contributed by atoms with Gasteiger partial charge in [0.05, 0.1) is 6.20 Å². The summed E-state index contributed by atoms with van der Waals surface area (Å²) < 4.78 is 1.74. The molecule has 3 N–H and O–H groups in total. The molecule has 7 heteroatoms. The predicted octanol–water partition coefficient (Wildman–Crippen LogP) is 2.47. The summed E-state index contributed by atoms with van der Waals surface area (Å²) in [6, 6.07) is 0. The molecule has 0 unspecified atom stereocenters. The molecule has 0 aromatic carbocycles. The molecule has 0 spiro atoms. The number of carbonyl (C=O) groups is 1. The lowest BCUT2D eigenvalue weighted by atomic mass is 10.0. The summed E-state index contributed by atoms with van der Waals surface area (Å²) in [5.41, 5.74) is 0.404. The van der Waals surface area contributed by atoms with Crippen molar-refractivity contribution in [3.05, 3.63) is 24.2 Å². The fourth-order valence-electron chi connectivity index (χ4n) is 3.44. The van der Waals surface area contributed by atoms with Gasteiger partial charge in [0.2, 0.25) is 0 Å². The zero-order valence-electron chi connectivity index (χ0n) is 15.6. The van der Waals surface area contributed by atoms with Gasteiger partial charge in [-0.1, -0.05) is 37.0 Å². The highest BCUT2D eigenvalue weighted by Gasteiger charge is 2.22. The fourth-order valence-corrected chi connectivity index (χ4v) is 3.44. The number of unbranched alkanes of at least 4 members (excludes halogenated alkanes) is 1. The number of nitrogens with one attached hydrogen (secondary N) is 1. The second kappa shape index (κ2) is 9.71. The number of allylic oxidation sites excluding steroid dienone is 1. The van der Waals surface area contributed by atoms with Crippen molar-refractivity contribution in [2.75, 3.05) is 13.1 Å². The van der Waals surface area contributed by atoms with Crippen molar-refractivity contribution in [3.8, 4) is 0 Å². The third-order valence-electron chi connectivity index (χ3n) is 5.31. The third-order valence-corrected chi connectivity index (χ3v) is 5.31. The fraction of sp³-hybridized carbons (Fsp3) is 0.737. The molecule has 2 saturated carbocycles. The average molecular weight is 361 g/mol. The maximum atomic E-state index is 11.9. The van der Waals surface area contributed by atoms with E-state index < -0.39 is 0 Å². The second-order valence-corrected chi connectivity index (χ2v) is 7.74. The van der Waals surface area contributed by atoms with Crippen molar-refractivity contribution in [3.63, 3.8) is 0 Å². The first-order valence-corrected chi connectivity index (χ1v) is 10.1. The SMILES string of the molecule is NN(/C=C/CC1CCCC1)CCCCn1cc(C(=O)NCC2CC2)nn1. The Kier molecular flexibility index (Phi) is 7.05. The highest BCUT2D eigenvalue weighted by atomic mass is 16.2. The van der Waals surface area contributed by atoms with Crippen molar-refractivity contribution in [1.82, 2.24) is 25.3 Å². The number of carbonyl (C=O) groups excluding carboxylic acids is 1. The van der Waals surface area contributed by atoms with Crippen LogP contribution in [0.3, 0.4) is 0 Å². The third kappa shape index (κ3) is 6.44. The van der Waals surface area contributed by atoms with E-state index in [0.717, 1.165) is 44.8 Å². The Bertz CT molecular complexity index is 589. The van der Waals surface area contributed by atoms with Crippen LogP contribution in [0.5, 0.6) is 0 Å². The van der Waals surface area contributed by atoms with E-state index in [1.807, 2.05) is 6.20 Å². The molecule has 2 aliphatic carbocycles. The summed E-state index contributed by atoms with van der Waals surface area (Å²) in [4.78, 5) is 11.9. The molecule has 7 nitrogen and oxygen atoms in total. The number of nitrogens with two attached hydrogens (primary N) is 1. The van der Waals surface area contributed by atoms with Crippen LogP contribution in [0.15, 0.2) is 18.5 Å². The zero-order valence-corrected chi connectivity index (χ0v) is 15.6. The summed E-state index contributed by atoms with van der Waals surface area (Å²) in [5, 5.41) is 12.7. The minimum atomic E-state index is -0.122. The number of amides is 1. The quantitative estimate of drug-likeness (QED) is 0.359. The van der Waals surface area contributed by atoms with Crippen LogP contribution >= 0.6 is 0 Å². The van der Waals surface area contributed by atoms with Gasteiger partial charge in [0.25, 0.3) is 5.91 Å². The van der Waals surface area contributed by atoms with Crippen LogP contribution in [-0.2, 0) is 6.54 Å². The average Bonchev–Trinajstić information content (AvgIpc) is 3.10. The maximum absolute atomic E-state index is 11.9. The molecule has 0 bridgehead atoms. The van der Waals surface area contributed by atoms with E-state index in [-0.39, 0.29) is 5.91 Å². The number of hydrazine groups is 1. The Morgan fingerprint density at radius 1 is 1.27 bits per heavy atom. The van der Waals surface area contributed by atoms with Gasteiger partial charge in [-0.25, -0.2) is 5.84 Å². The highest BCUT2D eigenvalue weighted by molar-refractivity contribution is 5.91. The first kappa shape index (κ1) is 18.9. The molecule has 144 valence electrons. The van der Waals surface area contributed by atoms with Crippen LogP contribution < -0.4 is 11.2 Å². The van der Waals surface area contributed by atoms with Gasteiger partial charge in [0, 0.05) is 25.8 Å². The largest absolute Gasteiger partial charge is 0.350 e. The molecule has 0 aliphatic heterocycles. The molecule has 3 rings (SSSR count). The number of nitrogens with zero attached hydrogens (tertiary/aromatic N) is 4. The van der Waals surface area contributed by atoms with Gasteiger partial charge < -0.3 is 10.3 Å². The standard InChI is InChI=1S/C19H32N6O/c20-24(12-5-8-16-6-1-2-7-16)11-3-4-13-25-15-18(22-23-25)19(26)21-14-17-9-10-17/h5,12,15-17H,1-4,6-11,13-14,20H2,(H,21,26)/b12-5+. The van der Waals surface area contributed by atoms with Gasteiger partial charge in [-0.3, -0.25) is 9.48 Å².